The largest absolute Gasteiger partial charge is 0.481 e. The molecule has 0 aromatic carbocycles. The Morgan fingerprint density at radius 3 is 2.70 bits per heavy atom. The number of fused-ring (bicyclic) bond motifs is 1. The molecule has 2 heterocycles. The topological polar surface area (TPSA) is 80.8 Å². The molecule has 1 aromatic heterocycles. The normalized spacial score (nSPS) is 18.0. The van der Waals surface area contributed by atoms with Gasteiger partial charge in [0, 0.05) is 13.1 Å². The average molecular weight is 321 g/mol. The number of carbonyl (C=O) groups excluding carboxylic acids is 2. The second-order valence-corrected chi connectivity index (χ2v) is 6.47. The molecule has 0 bridgehead atoms. The van der Waals surface area contributed by atoms with Gasteiger partial charge in [0.05, 0.1) is 7.11 Å². The summed E-state index contributed by atoms with van der Waals surface area (Å²) < 4.78 is 10.3. The van der Waals surface area contributed by atoms with E-state index >= 15 is 0 Å². The van der Waals surface area contributed by atoms with Crippen LogP contribution in [0.25, 0.3) is 0 Å². The van der Waals surface area contributed by atoms with E-state index in [1.54, 1.807) is 33.9 Å². The van der Waals surface area contributed by atoms with E-state index in [0.29, 0.717) is 24.5 Å². The molecule has 2 rings (SSSR count). The van der Waals surface area contributed by atoms with Crippen LogP contribution in [0.1, 0.15) is 32.8 Å². The van der Waals surface area contributed by atoms with Crippen LogP contribution in [0.5, 0.6) is 5.88 Å². The van der Waals surface area contributed by atoms with Crippen LogP contribution >= 0.6 is 0 Å². The molecular weight excluding hydrogens is 298 g/mol. The molecule has 0 aliphatic carbocycles. The molecule has 0 radical (unpaired) electrons. The number of rotatable bonds is 2. The quantitative estimate of drug-likeness (QED) is 0.899. The van der Waals surface area contributed by atoms with Gasteiger partial charge in [-0.1, -0.05) is 0 Å². The van der Waals surface area contributed by atoms with Gasteiger partial charge in [0.2, 0.25) is 5.88 Å². The zero-order valence-electron chi connectivity index (χ0n) is 14.2. The lowest BCUT2D eigenvalue weighted by molar-refractivity contribution is -0.120. The van der Waals surface area contributed by atoms with Crippen molar-refractivity contribution in [3.8, 4) is 5.88 Å². The standard InChI is InChI=1S/C16H23N3O4/c1-16(2,3)23-15(21)17-11-8-6-10-7-9-12(22-5)18-13(10)19(4)14(11)20/h7,9,11H,6,8H2,1-5H3,(H,17,21)/t11-/m0/s1. The molecule has 23 heavy (non-hydrogen) atoms. The van der Waals surface area contributed by atoms with Gasteiger partial charge in [-0.25, -0.2) is 4.79 Å². The second-order valence-electron chi connectivity index (χ2n) is 6.47. The first kappa shape index (κ1) is 17.1. The molecule has 126 valence electrons. The summed E-state index contributed by atoms with van der Waals surface area (Å²) in [6.45, 7) is 5.33. The van der Waals surface area contributed by atoms with Crippen LogP contribution in [0.4, 0.5) is 10.6 Å². The first-order valence-electron chi connectivity index (χ1n) is 7.52. The molecule has 1 aliphatic rings. The third-order valence-corrected chi connectivity index (χ3v) is 3.48. The van der Waals surface area contributed by atoms with Crippen molar-refractivity contribution in [2.24, 2.45) is 0 Å². The van der Waals surface area contributed by atoms with Crippen LogP contribution in [0.3, 0.4) is 0 Å². The van der Waals surface area contributed by atoms with Crippen molar-refractivity contribution in [2.45, 2.75) is 45.3 Å². The number of anilines is 1. The first-order valence-corrected chi connectivity index (χ1v) is 7.52. The zero-order valence-corrected chi connectivity index (χ0v) is 14.2. The fourth-order valence-electron chi connectivity index (χ4n) is 2.40. The van der Waals surface area contributed by atoms with E-state index in [0.717, 1.165) is 5.56 Å². The predicted molar refractivity (Wildman–Crippen MR) is 85.7 cm³/mol. The predicted octanol–water partition coefficient (Wildman–Crippen LogP) is 1.89. The molecule has 0 saturated carbocycles. The molecule has 0 spiro atoms. The van der Waals surface area contributed by atoms with Gasteiger partial charge in [-0.3, -0.25) is 9.69 Å². The van der Waals surface area contributed by atoms with Gasteiger partial charge in [-0.2, -0.15) is 4.98 Å². The highest BCUT2D eigenvalue weighted by molar-refractivity contribution is 5.98. The first-order chi connectivity index (χ1) is 10.7. The maximum absolute atomic E-state index is 12.6. The van der Waals surface area contributed by atoms with Crippen molar-refractivity contribution in [1.82, 2.24) is 10.3 Å². The van der Waals surface area contributed by atoms with Crippen molar-refractivity contribution in [2.75, 3.05) is 19.1 Å². The highest BCUT2D eigenvalue weighted by Gasteiger charge is 2.31. The number of hydrogen-bond donors (Lipinski definition) is 1. The number of nitrogens with one attached hydrogen (secondary N) is 1. The second kappa shape index (κ2) is 6.44. The maximum Gasteiger partial charge on any atom is 0.408 e. The molecule has 0 fully saturated rings. The van der Waals surface area contributed by atoms with Gasteiger partial charge >= 0.3 is 6.09 Å². The number of ether oxygens (including phenoxy) is 2. The van der Waals surface area contributed by atoms with E-state index in [2.05, 4.69) is 10.3 Å². The van der Waals surface area contributed by atoms with Crippen LogP contribution in [0.2, 0.25) is 0 Å². The number of aromatic nitrogens is 1. The van der Waals surface area contributed by atoms with Crippen molar-refractivity contribution in [3.63, 3.8) is 0 Å². The number of aryl methyl sites for hydroxylation is 1. The van der Waals surface area contributed by atoms with Crippen LogP contribution in [0, 0.1) is 0 Å². The van der Waals surface area contributed by atoms with Gasteiger partial charge in [0.15, 0.2) is 0 Å². The molecule has 1 aromatic rings. The molecule has 1 aliphatic heterocycles. The van der Waals surface area contributed by atoms with Crippen molar-refractivity contribution >= 4 is 17.8 Å². The Kier molecular flexibility index (Phi) is 4.77. The van der Waals surface area contributed by atoms with E-state index in [4.69, 9.17) is 9.47 Å². The summed E-state index contributed by atoms with van der Waals surface area (Å²) in [5, 5.41) is 2.65. The van der Waals surface area contributed by atoms with Gasteiger partial charge < -0.3 is 14.8 Å². The summed E-state index contributed by atoms with van der Waals surface area (Å²) in [5.41, 5.74) is 0.330. The van der Waals surface area contributed by atoms with Crippen molar-refractivity contribution < 1.29 is 19.1 Å². The molecule has 7 nitrogen and oxygen atoms in total. The number of alkyl carbamates (subject to hydrolysis) is 1. The lowest BCUT2D eigenvalue weighted by Gasteiger charge is -2.24. The summed E-state index contributed by atoms with van der Waals surface area (Å²) in [7, 11) is 3.17. The Balaban J connectivity index is 2.16. The Hall–Kier alpha value is -2.31. The number of nitrogens with zero attached hydrogens (tertiary/aromatic N) is 2. The third-order valence-electron chi connectivity index (χ3n) is 3.48. The number of likely N-dealkylation sites (N-methyl/N-ethyl adjacent to an activating group) is 1. The highest BCUT2D eigenvalue weighted by atomic mass is 16.6. The molecule has 1 atom stereocenters. The highest BCUT2D eigenvalue weighted by Crippen LogP contribution is 2.26. The molecular formula is C16H23N3O4. The number of amides is 2. The SMILES string of the molecule is COc1ccc2c(n1)N(C)C(=O)[C@@H](NC(=O)OC(C)(C)C)CC2. The van der Waals surface area contributed by atoms with E-state index in [9.17, 15) is 9.59 Å². The van der Waals surface area contributed by atoms with E-state index in [1.807, 2.05) is 6.07 Å². The summed E-state index contributed by atoms with van der Waals surface area (Å²) >= 11 is 0. The molecule has 0 saturated heterocycles. The molecule has 0 unspecified atom stereocenters. The Morgan fingerprint density at radius 2 is 2.09 bits per heavy atom. The fourth-order valence-corrected chi connectivity index (χ4v) is 2.40. The Morgan fingerprint density at radius 1 is 1.39 bits per heavy atom. The smallest absolute Gasteiger partial charge is 0.408 e. The monoisotopic (exact) mass is 321 g/mol. The van der Waals surface area contributed by atoms with Crippen LogP contribution in [-0.4, -0.2) is 42.8 Å². The minimum atomic E-state index is -0.643. The van der Waals surface area contributed by atoms with Gasteiger partial charge in [0.25, 0.3) is 5.91 Å². The van der Waals surface area contributed by atoms with E-state index in [-0.39, 0.29) is 5.91 Å². The number of carbonyl (C=O) groups is 2. The number of hydrogen-bond acceptors (Lipinski definition) is 5. The van der Waals surface area contributed by atoms with Crippen molar-refractivity contribution in [3.05, 3.63) is 17.7 Å². The van der Waals surface area contributed by atoms with Gasteiger partial charge in [-0.15, -0.1) is 0 Å². The van der Waals surface area contributed by atoms with Gasteiger partial charge in [0.1, 0.15) is 17.5 Å². The number of pyridine rings is 1. The third kappa shape index (κ3) is 4.12. The van der Waals surface area contributed by atoms with E-state index < -0.39 is 17.7 Å². The van der Waals surface area contributed by atoms with E-state index in [1.165, 1.54) is 12.0 Å². The Labute approximate surface area is 136 Å². The van der Waals surface area contributed by atoms with Crippen molar-refractivity contribution in [1.29, 1.82) is 0 Å². The minimum absolute atomic E-state index is 0.227. The molecule has 7 heteroatoms. The minimum Gasteiger partial charge on any atom is -0.481 e. The van der Waals surface area contributed by atoms with Gasteiger partial charge in [-0.05, 0) is 45.2 Å². The fraction of sp³-hybridized carbons (Fsp3) is 0.562. The summed E-state index contributed by atoms with van der Waals surface area (Å²) in [6, 6.07) is 3.01. The number of methoxy groups -OCH3 is 1. The molecule has 2 amide bonds. The summed E-state index contributed by atoms with van der Waals surface area (Å²) in [5.74, 6) is 0.778. The average Bonchev–Trinajstić information content (AvgIpc) is 2.57. The molecule has 1 N–H and O–H groups in total. The van der Waals surface area contributed by atoms with Crippen LogP contribution < -0.4 is 15.0 Å². The van der Waals surface area contributed by atoms with Crippen LogP contribution in [0.15, 0.2) is 12.1 Å². The lowest BCUT2D eigenvalue weighted by atomic mass is 10.1. The van der Waals surface area contributed by atoms with Crippen LogP contribution in [-0.2, 0) is 16.0 Å². The zero-order chi connectivity index (χ0) is 17.2. The summed E-state index contributed by atoms with van der Waals surface area (Å²) in [4.78, 5) is 30.3. The lowest BCUT2D eigenvalue weighted by Crippen LogP contribution is -2.48. The maximum atomic E-state index is 12.6. The summed E-state index contributed by atoms with van der Waals surface area (Å²) in [6.07, 6.45) is 0.521. The Bertz CT molecular complexity index is 610.